The third kappa shape index (κ3) is 5.38. The van der Waals surface area contributed by atoms with Gasteiger partial charge in [0, 0.05) is 24.2 Å². The van der Waals surface area contributed by atoms with Crippen LogP contribution in [-0.4, -0.2) is 22.0 Å². The second-order valence-electron chi connectivity index (χ2n) is 6.16. The van der Waals surface area contributed by atoms with Gasteiger partial charge >= 0.3 is 0 Å². The summed E-state index contributed by atoms with van der Waals surface area (Å²) >= 11 is 5.11. The van der Waals surface area contributed by atoms with E-state index in [0.29, 0.717) is 12.2 Å². The Morgan fingerprint density at radius 2 is 1.89 bits per heavy atom. The van der Waals surface area contributed by atoms with Gasteiger partial charge in [0.15, 0.2) is 5.11 Å². The first-order chi connectivity index (χ1) is 13.0. The van der Waals surface area contributed by atoms with Crippen molar-refractivity contribution in [2.45, 2.75) is 25.4 Å². The average molecular weight is 385 g/mol. The molecule has 1 amide bonds. The van der Waals surface area contributed by atoms with Crippen molar-refractivity contribution < 1.29 is 9.72 Å². The number of nitrogens with one attached hydrogen (secondary N) is 4. The summed E-state index contributed by atoms with van der Waals surface area (Å²) in [5.74, 6) is -0.514. The predicted octanol–water partition coefficient (Wildman–Crippen LogP) is 2.48. The van der Waals surface area contributed by atoms with Gasteiger partial charge in [-0.15, -0.1) is 0 Å². The number of nitro benzene ring substituents is 1. The summed E-state index contributed by atoms with van der Waals surface area (Å²) in [5, 5.41) is 17.6. The fourth-order valence-corrected chi connectivity index (χ4v) is 2.52. The van der Waals surface area contributed by atoms with Crippen molar-refractivity contribution in [1.82, 2.24) is 16.2 Å². The van der Waals surface area contributed by atoms with Crippen LogP contribution in [0.2, 0.25) is 0 Å². The van der Waals surface area contributed by atoms with Crippen LogP contribution in [0, 0.1) is 10.1 Å². The lowest BCUT2D eigenvalue weighted by atomic mass is 10.1. The smallest absolute Gasteiger partial charge is 0.293 e. The van der Waals surface area contributed by atoms with Crippen LogP contribution in [0.4, 0.5) is 11.4 Å². The Balaban J connectivity index is 1.54. The molecule has 0 atom stereocenters. The molecule has 0 aromatic heterocycles. The number of carbonyl (C=O) groups excluding carboxylic acids is 1. The summed E-state index contributed by atoms with van der Waals surface area (Å²) in [4.78, 5) is 23.0. The lowest BCUT2D eigenvalue weighted by Gasteiger charge is -2.12. The SMILES string of the molecule is O=C(NNC(=S)NCc1ccccc1)c1ccc(NC2CC2)c([N+](=O)[O-])c1. The van der Waals surface area contributed by atoms with E-state index in [1.165, 1.54) is 12.1 Å². The summed E-state index contributed by atoms with van der Waals surface area (Å²) in [6, 6.07) is 14.3. The first-order valence-electron chi connectivity index (χ1n) is 8.46. The largest absolute Gasteiger partial charge is 0.377 e. The van der Waals surface area contributed by atoms with E-state index in [9.17, 15) is 14.9 Å². The Morgan fingerprint density at radius 1 is 1.15 bits per heavy atom. The summed E-state index contributed by atoms with van der Waals surface area (Å²) in [6.45, 7) is 0.509. The lowest BCUT2D eigenvalue weighted by Crippen LogP contribution is -2.46. The van der Waals surface area contributed by atoms with Crippen molar-refractivity contribution in [2.75, 3.05) is 5.32 Å². The number of hydrogen-bond acceptors (Lipinski definition) is 5. The number of benzene rings is 2. The van der Waals surface area contributed by atoms with Crippen molar-refractivity contribution in [2.24, 2.45) is 0 Å². The molecule has 0 bridgehead atoms. The molecule has 140 valence electrons. The van der Waals surface area contributed by atoms with Crippen LogP contribution in [0.15, 0.2) is 48.5 Å². The van der Waals surface area contributed by atoms with E-state index in [1.807, 2.05) is 30.3 Å². The Bertz CT molecular complexity index is 855. The predicted molar refractivity (Wildman–Crippen MR) is 106 cm³/mol. The molecule has 4 N–H and O–H groups in total. The normalized spacial score (nSPS) is 12.7. The molecule has 1 aliphatic carbocycles. The van der Waals surface area contributed by atoms with Gasteiger partial charge < -0.3 is 10.6 Å². The first kappa shape index (κ1) is 18.6. The van der Waals surface area contributed by atoms with Gasteiger partial charge in [-0.2, -0.15) is 0 Å². The van der Waals surface area contributed by atoms with E-state index >= 15 is 0 Å². The molecule has 8 nitrogen and oxygen atoms in total. The van der Waals surface area contributed by atoms with Crippen LogP contribution in [0.1, 0.15) is 28.8 Å². The third-order valence-electron chi connectivity index (χ3n) is 3.98. The van der Waals surface area contributed by atoms with Crippen molar-refractivity contribution >= 4 is 34.6 Å². The van der Waals surface area contributed by atoms with E-state index in [2.05, 4.69) is 21.5 Å². The molecule has 27 heavy (non-hydrogen) atoms. The van der Waals surface area contributed by atoms with E-state index in [-0.39, 0.29) is 22.4 Å². The summed E-state index contributed by atoms with van der Waals surface area (Å²) in [6.07, 6.45) is 1.99. The van der Waals surface area contributed by atoms with Gasteiger partial charge in [-0.25, -0.2) is 0 Å². The molecule has 0 aliphatic heterocycles. The van der Waals surface area contributed by atoms with Crippen LogP contribution in [-0.2, 0) is 6.54 Å². The molecule has 0 radical (unpaired) electrons. The Hall–Kier alpha value is -3.20. The molecular formula is C18H19N5O3S. The van der Waals surface area contributed by atoms with Crippen molar-refractivity contribution in [1.29, 1.82) is 0 Å². The highest BCUT2D eigenvalue weighted by atomic mass is 32.1. The minimum absolute atomic E-state index is 0.126. The number of rotatable bonds is 6. The maximum absolute atomic E-state index is 12.2. The summed E-state index contributed by atoms with van der Waals surface area (Å²) in [7, 11) is 0. The quantitative estimate of drug-likeness (QED) is 0.344. The second-order valence-corrected chi connectivity index (χ2v) is 6.56. The fraction of sp³-hybridized carbons (Fsp3) is 0.222. The van der Waals surface area contributed by atoms with E-state index in [0.717, 1.165) is 18.4 Å². The van der Waals surface area contributed by atoms with Crippen molar-refractivity contribution in [3.63, 3.8) is 0 Å². The third-order valence-corrected chi connectivity index (χ3v) is 4.23. The van der Waals surface area contributed by atoms with Gasteiger partial charge in [-0.1, -0.05) is 30.3 Å². The summed E-state index contributed by atoms with van der Waals surface area (Å²) < 4.78 is 0. The Morgan fingerprint density at radius 3 is 2.56 bits per heavy atom. The monoisotopic (exact) mass is 385 g/mol. The zero-order chi connectivity index (χ0) is 19.2. The maximum atomic E-state index is 12.2. The van der Waals surface area contributed by atoms with Gasteiger partial charge in [-0.3, -0.25) is 25.8 Å². The minimum Gasteiger partial charge on any atom is -0.377 e. The number of carbonyl (C=O) groups is 1. The van der Waals surface area contributed by atoms with E-state index in [1.54, 1.807) is 6.07 Å². The zero-order valence-corrected chi connectivity index (χ0v) is 15.2. The molecule has 1 fully saturated rings. The fourth-order valence-electron chi connectivity index (χ4n) is 2.40. The Kier molecular flexibility index (Phi) is 5.82. The topological polar surface area (TPSA) is 108 Å². The standard InChI is InChI=1S/C18H19N5O3S/c24-17(21-22-18(27)19-11-12-4-2-1-3-5-12)13-6-9-15(20-14-7-8-14)16(10-13)23(25)26/h1-6,9-10,14,20H,7-8,11H2,(H,21,24)(H2,19,22,27). The molecule has 0 heterocycles. The number of hydrazine groups is 1. The van der Waals surface area contributed by atoms with Gasteiger partial charge in [-0.05, 0) is 42.8 Å². The molecule has 2 aromatic carbocycles. The first-order valence-corrected chi connectivity index (χ1v) is 8.87. The summed E-state index contributed by atoms with van der Waals surface area (Å²) in [5.41, 5.74) is 6.54. The van der Waals surface area contributed by atoms with Crippen molar-refractivity contribution in [3.8, 4) is 0 Å². The molecule has 0 spiro atoms. The number of nitrogens with zero attached hydrogens (tertiary/aromatic N) is 1. The van der Waals surface area contributed by atoms with Crippen LogP contribution in [0.25, 0.3) is 0 Å². The van der Waals surface area contributed by atoms with Gasteiger partial charge in [0.2, 0.25) is 0 Å². The van der Waals surface area contributed by atoms with Crippen LogP contribution < -0.4 is 21.5 Å². The van der Waals surface area contributed by atoms with Crippen LogP contribution in [0.3, 0.4) is 0 Å². The molecule has 2 aromatic rings. The van der Waals surface area contributed by atoms with Crippen LogP contribution >= 0.6 is 12.2 Å². The number of hydrogen-bond donors (Lipinski definition) is 4. The molecule has 9 heteroatoms. The highest BCUT2D eigenvalue weighted by Gasteiger charge is 2.25. The van der Waals surface area contributed by atoms with Crippen molar-refractivity contribution in [3.05, 3.63) is 69.8 Å². The average Bonchev–Trinajstić information content (AvgIpc) is 3.49. The molecule has 0 saturated heterocycles. The lowest BCUT2D eigenvalue weighted by molar-refractivity contribution is -0.384. The molecule has 3 rings (SSSR count). The number of thiocarbonyl (C=S) groups is 1. The molecule has 1 saturated carbocycles. The highest BCUT2D eigenvalue weighted by molar-refractivity contribution is 7.80. The molecule has 0 unspecified atom stereocenters. The minimum atomic E-state index is -0.514. The number of amides is 1. The van der Waals surface area contributed by atoms with E-state index in [4.69, 9.17) is 12.2 Å². The Labute approximate surface area is 161 Å². The van der Waals surface area contributed by atoms with E-state index < -0.39 is 10.8 Å². The zero-order valence-electron chi connectivity index (χ0n) is 14.4. The van der Waals surface area contributed by atoms with Gasteiger partial charge in [0.1, 0.15) is 5.69 Å². The molecular weight excluding hydrogens is 366 g/mol. The maximum Gasteiger partial charge on any atom is 0.293 e. The number of nitro groups is 1. The van der Waals surface area contributed by atoms with Gasteiger partial charge in [0.25, 0.3) is 11.6 Å². The second kappa shape index (κ2) is 8.45. The number of anilines is 1. The van der Waals surface area contributed by atoms with Gasteiger partial charge in [0.05, 0.1) is 4.92 Å². The molecule has 1 aliphatic rings. The van der Waals surface area contributed by atoms with Crippen LogP contribution in [0.5, 0.6) is 0 Å². The highest BCUT2D eigenvalue weighted by Crippen LogP contribution is 2.31.